The van der Waals surface area contributed by atoms with Crippen molar-refractivity contribution in [1.82, 2.24) is 4.90 Å². The molecule has 0 aromatic heterocycles. The number of aliphatic hydroxyl groups excluding tert-OH is 1. The summed E-state index contributed by atoms with van der Waals surface area (Å²) in [7, 11) is 0. The molecule has 3 aromatic carbocycles. The first-order chi connectivity index (χ1) is 14.2. The average molecular weight is 394 g/mol. The zero-order valence-corrected chi connectivity index (χ0v) is 16.6. The summed E-state index contributed by atoms with van der Waals surface area (Å²) in [4.78, 5) is 2.44. The Kier molecular flexibility index (Phi) is 6.43. The van der Waals surface area contributed by atoms with Crippen LogP contribution in [0.25, 0.3) is 10.8 Å². The third-order valence-corrected chi connectivity index (χ3v) is 5.78. The Balaban J connectivity index is 1.22. The largest absolute Gasteiger partial charge is 0.490 e. The second-order valence-electron chi connectivity index (χ2n) is 7.85. The summed E-state index contributed by atoms with van der Waals surface area (Å²) in [5.41, 5.74) is 0.786. The van der Waals surface area contributed by atoms with Crippen LogP contribution in [-0.2, 0) is 0 Å². The predicted octanol–water partition coefficient (Wildman–Crippen LogP) is 5.34. The molecule has 0 aliphatic carbocycles. The number of aliphatic hydroxyl groups is 1. The summed E-state index contributed by atoms with van der Waals surface area (Å²) in [5, 5.41) is 12.7. The summed E-state index contributed by atoms with van der Waals surface area (Å²) in [6.45, 7) is 3.00. The molecule has 1 aliphatic heterocycles. The first-order valence-electron chi connectivity index (χ1n) is 10.5. The highest BCUT2D eigenvalue weighted by Crippen LogP contribution is 2.28. The molecule has 1 N–H and O–H groups in total. The molecule has 152 valence electrons. The Labute approximate surface area is 171 Å². The van der Waals surface area contributed by atoms with Crippen molar-refractivity contribution in [2.45, 2.75) is 37.9 Å². The van der Waals surface area contributed by atoms with Gasteiger partial charge in [0.25, 0.3) is 0 Å². The van der Waals surface area contributed by atoms with Crippen LogP contribution < -0.4 is 4.74 Å². The molecule has 1 fully saturated rings. The number of hydrogen-bond donors (Lipinski definition) is 1. The highest BCUT2D eigenvalue weighted by molar-refractivity contribution is 5.88. The fraction of sp³-hybridized carbons (Fsp3) is 0.360. The lowest BCUT2D eigenvalue weighted by molar-refractivity contribution is 0.0954. The summed E-state index contributed by atoms with van der Waals surface area (Å²) < 4.78 is 19.3. The highest BCUT2D eigenvalue weighted by atomic mass is 19.1. The summed E-state index contributed by atoms with van der Waals surface area (Å²) in [5.74, 6) is 0.707. The normalized spacial score (nSPS) is 16.8. The topological polar surface area (TPSA) is 32.7 Å². The van der Waals surface area contributed by atoms with E-state index in [4.69, 9.17) is 4.74 Å². The van der Waals surface area contributed by atoms with Crippen LogP contribution in [0.4, 0.5) is 4.39 Å². The van der Waals surface area contributed by atoms with E-state index in [1.807, 2.05) is 0 Å². The molecular formula is C25H28FNO2. The van der Waals surface area contributed by atoms with Gasteiger partial charge in [0.05, 0.1) is 6.10 Å². The van der Waals surface area contributed by atoms with Crippen molar-refractivity contribution in [3.05, 3.63) is 78.1 Å². The molecular weight excluding hydrogens is 365 g/mol. The Bertz CT molecular complexity index is 914. The quantitative estimate of drug-likeness (QED) is 0.588. The smallest absolute Gasteiger partial charge is 0.127 e. The molecule has 1 heterocycles. The SMILES string of the molecule is OC(CCCN1CCC(Oc2cccc3ccccc23)CC1)c1ccc(F)cc1. The number of ether oxygens (including phenoxy) is 1. The standard InChI is InChI=1S/C25H28FNO2/c26-21-12-10-20(11-13-21)24(28)8-4-16-27-17-14-22(15-18-27)29-25-9-3-6-19-5-1-2-7-23(19)25/h1-3,5-7,9-13,22,24,28H,4,8,14-18H2. The van der Waals surface area contributed by atoms with Crippen LogP contribution >= 0.6 is 0 Å². The fourth-order valence-electron chi connectivity index (χ4n) is 4.09. The third kappa shape index (κ3) is 5.14. The molecule has 3 nitrogen and oxygen atoms in total. The Morgan fingerprint density at radius 1 is 0.966 bits per heavy atom. The monoisotopic (exact) mass is 393 g/mol. The number of rotatable bonds is 7. The number of hydrogen-bond acceptors (Lipinski definition) is 3. The molecule has 4 rings (SSSR count). The van der Waals surface area contributed by atoms with Gasteiger partial charge < -0.3 is 14.7 Å². The minimum Gasteiger partial charge on any atom is -0.490 e. The number of halogens is 1. The van der Waals surface area contributed by atoms with Gasteiger partial charge in [0, 0.05) is 18.5 Å². The van der Waals surface area contributed by atoms with Gasteiger partial charge in [-0.3, -0.25) is 0 Å². The van der Waals surface area contributed by atoms with Crippen molar-refractivity contribution in [1.29, 1.82) is 0 Å². The molecule has 1 atom stereocenters. The number of nitrogens with zero attached hydrogens (tertiary/aromatic N) is 1. The number of fused-ring (bicyclic) bond motifs is 1. The molecule has 0 saturated carbocycles. The maximum atomic E-state index is 13.0. The molecule has 1 unspecified atom stereocenters. The third-order valence-electron chi connectivity index (χ3n) is 5.78. The summed E-state index contributed by atoms with van der Waals surface area (Å²) >= 11 is 0. The Hall–Kier alpha value is -2.43. The second-order valence-corrected chi connectivity index (χ2v) is 7.85. The van der Waals surface area contributed by atoms with Gasteiger partial charge in [-0.1, -0.05) is 48.5 Å². The van der Waals surface area contributed by atoms with Crippen LogP contribution in [0.5, 0.6) is 5.75 Å². The van der Waals surface area contributed by atoms with E-state index in [1.54, 1.807) is 12.1 Å². The van der Waals surface area contributed by atoms with Gasteiger partial charge in [-0.25, -0.2) is 4.39 Å². The molecule has 0 bridgehead atoms. The lowest BCUT2D eigenvalue weighted by Crippen LogP contribution is -2.38. The molecule has 1 saturated heterocycles. The zero-order valence-electron chi connectivity index (χ0n) is 16.6. The Morgan fingerprint density at radius 2 is 1.69 bits per heavy atom. The van der Waals surface area contributed by atoms with Gasteiger partial charge in [0.2, 0.25) is 0 Å². The van der Waals surface area contributed by atoms with Crippen molar-refractivity contribution in [2.75, 3.05) is 19.6 Å². The van der Waals surface area contributed by atoms with Crippen LogP contribution in [0, 0.1) is 5.82 Å². The number of piperidine rings is 1. The minimum atomic E-state index is -0.525. The van der Waals surface area contributed by atoms with E-state index < -0.39 is 6.10 Å². The van der Waals surface area contributed by atoms with Gasteiger partial charge in [-0.15, -0.1) is 0 Å². The first-order valence-corrected chi connectivity index (χ1v) is 10.5. The maximum absolute atomic E-state index is 13.0. The molecule has 0 amide bonds. The van der Waals surface area contributed by atoms with E-state index in [-0.39, 0.29) is 11.9 Å². The molecule has 1 aliphatic rings. The summed E-state index contributed by atoms with van der Waals surface area (Å²) in [6, 6.07) is 20.7. The average Bonchev–Trinajstić information content (AvgIpc) is 2.76. The van der Waals surface area contributed by atoms with Crippen LogP contribution in [0.1, 0.15) is 37.4 Å². The lowest BCUT2D eigenvalue weighted by Gasteiger charge is -2.32. The van der Waals surface area contributed by atoms with E-state index in [9.17, 15) is 9.50 Å². The lowest BCUT2D eigenvalue weighted by atomic mass is 10.0. The van der Waals surface area contributed by atoms with Crippen LogP contribution in [0.2, 0.25) is 0 Å². The first kappa shape index (κ1) is 19.9. The van der Waals surface area contributed by atoms with Gasteiger partial charge in [0.15, 0.2) is 0 Å². The van der Waals surface area contributed by atoms with Crippen molar-refractivity contribution in [3.8, 4) is 5.75 Å². The highest BCUT2D eigenvalue weighted by Gasteiger charge is 2.21. The van der Waals surface area contributed by atoms with E-state index in [0.717, 1.165) is 50.2 Å². The number of benzene rings is 3. The van der Waals surface area contributed by atoms with E-state index in [2.05, 4.69) is 47.4 Å². The van der Waals surface area contributed by atoms with Crippen molar-refractivity contribution >= 4 is 10.8 Å². The van der Waals surface area contributed by atoms with Crippen LogP contribution in [-0.4, -0.2) is 35.7 Å². The minimum absolute atomic E-state index is 0.252. The van der Waals surface area contributed by atoms with Crippen molar-refractivity contribution in [3.63, 3.8) is 0 Å². The second kappa shape index (κ2) is 9.38. The Morgan fingerprint density at radius 3 is 2.48 bits per heavy atom. The van der Waals surface area contributed by atoms with Crippen LogP contribution in [0.15, 0.2) is 66.7 Å². The summed E-state index contributed by atoms with van der Waals surface area (Å²) in [6.07, 6.45) is 3.38. The number of likely N-dealkylation sites (tertiary alicyclic amines) is 1. The molecule has 0 radical (unpaired) electrons. The van der Waals surface area contributed by atoms with Crippen molar-refractivity contribution in [2.24, 2.45) is 0 Å². The van der Waals surface area contributed by atoms with Crippen molar-refractivity contribution < 1.29 is 14.2 Å². The van der Waals surface area contributed by atoms with Gasteiger partial charge >= 0.3 is 0 Å². The van der Waals surface area contributed by atoms with Crippen LogP contribution in [0.3, 0.4) is 0 Å². The fourth-order valence-corrected chi connectivity index (χ4v) is 4.09. The van der Waals surface area contributed by atoms with E-state index in [0.29, 0.717) is 6.42 Å². The molecule has 29 heavy (non-hydrogen) atoms. The maximum Gasteiger partial charge on any atom is 0.127 e. The molecule has 0 spiro atoms. The van der Waals surface area contributed by atoms with E-state index >= 15 is 0 Å². The predicted molar refractivity (Wildman–Crippen MR) is 115 cm³/mol. The zero-order chi connectivity index (χ0) is 20.1. The van der Waals surface area contributed by atoms with E-state index in [1.165, 1.54) is 22.9 Å². The van der Waals surface area contributed by atoms with Gasteiger partial charge in [0.1, 0.15) is 17.7 Å². The van der Waals surface area contributed by atoms with Gasteiger partial charge in [-0.05, 0) is 61.4 Å². The van der Waals surface area contributed by atoms with Gasteiger partial charge in [-0.2, -0.15) is 0 Å². The molecule has 4 heteroatoms. The molecule has 3 aromatic rings.